The second-order valence-corrected chi connectivity index (χ2v) is 4.51. The summed E-state index contributed by atoms with van der Waals surface area (Å²) in [5.74, 6) is 0.676. The molecule has 0 bridgehead atoms. The average molecular weight is 393 g/mol. The van der Waals surface area contributed by atoms with Gasteiger partial charge in [-0.1, -0.05) is 25.5 Å². The fourth-order valence-corrected chi connectivity index (χ4v) is 1.80. The highest BCUT2D eigenvalue weighted by molar-refractivity contribution is 14.0. The third-order valence-corrected chi connectivity index (χ3v) is 2.87. The molecule has 2 N–H and O–H groups in total. The molecular weight excluding hydrogens is 368 g/mol. The van der Waals surface area contributed by atoms with Gasteiger partial charge in [0.15, 0.2) is 5.96 Å². The van der Waals surface area contributed by atoms with E-state index in [1.807, 2.05) is 6.07 Å². The van der Waals surface area contributed by atoms with Crippen molar-refractivity contribution in [3.05, 3.63) is 35.6 Å². The number of halogens is 2. The summed E-state index contributed by atoms with van der Waals surface area (Å²) in [4.78, 5) is 4.15. The summed E-state index contributed by atoms with van der Waals surface area (Å²) in [7, 11) is 1.77. The standard InChI is InChI=1S/C15H24FN3.HI/c1-3-4-10-18-15(17-2)19-11-6-8-13-7-5-9-14(16)12-13;/h5,7,9,12H,3-4,6,8,10-11H2,1-2H3,(H2,17,18,19);1H. The number of unbranched alkanes of at least 4 members (excludes halogenated alkanes) is 1. The number of rotatable bonds is 7. The molecule has 5 heteroatoms. The van der Waals surface area contributed by atoms with E-state index in [-0.39, 0.29) is 29.8 Å². The van der Waals surface area contributed by atoms with Crippen LogP contribution >= 0.6 is 24.0 Å². The molecule has 0 heterocycles. The Hall–Kier alpha value is -0.850. The van der Waals surface area contributed by atoms with Crippen LogP contribution in [-0.2, 0) is 6.42 Å². The Morgan fingerprint density at radius 3 is 2.50 bits per heavy atom. The SMILES string of the molecule is CCCCNC(=NC)NCCCc1cccc(F)c1.I. The molecule has 0 spiro atoms. The Balaban J connectivity index is 0.00000361. The number of aryl methyl sites for hydroxylation is 1. The van der Waals surface area contributed by atoms with Gasteiger partial charge in [-0.05, 0) is 37.0 Å². The van der Waals surface area contributed by atoms with Crippen LogP contribution in [0.3, 0.4) is 0 Å². The van der Waals surface area contributed by atoms with Crippen molar-refractivity contribution in [1.29, 1.82) is 0 Å². The quantitative estimate of drug-likeness (QED) is 0.323. The van der Waals surface area contributed by atoms with E-state index < -0.39 is 0 Å². The lowest BCUT2D eigenvalue weighted by Crippen LogP contribution is -2.38. The molecular formula is C15H25FIN3. The van der Waals surface area contributed by atoms with Gasteiger partial charge in [0.1, 0.15) is 5.82 Å². The molecule has 0 aliphatic heterocycles. The van der Waals surface area contributed by atoms with Crippen LogP contribution in [-0.4, -0.2) is 26.1 Å². The van der Waals surface area contributed by atoms with Crippen LogP contribution < -0.4 is 10.6 Å². The normalized spacial score (nSPS) is 10.8. The molecule has 0 radical (unpaired) electrons. The van der Waals surface area contributed by atoms with Crippen molar-refractivity contribution < 1.29 is 4.39 Å². The largest absolute Gasteiger partial charge is 0.356 e. The monoisotopic (exact) mass is 393 g/mol. The maximum absolute atomic E-state index is 13.0. The van der Waals surface area contributed by atoms with Crippen molar-refractivity contribution in [3.63, 3.8) is 0 Å². The van der Waals surface area contributed by atoms with E-state index in [4.69, 9.17) is 0 Å². The number of hydrogen-bond donors (Lipinski definition) is 2. The van der Waals surface area contributed by atoms with Crippen molar-refractivity contribution in [1.82, 2.24) is 10.6 Å². The lowest BCUT2D eigenvalue weighted by molar-refractivity contribution is 0.624. The zero-order valence-electron chi connectivity index (χ0n) is 12.3. The first-order valence-corrected chi connectivity index (χ1v) is 6.95. The van der Waals surface area contributed by atoms with Gasteiger partial charge in [0.25, 0.3) is 0 Å². The maximum Gasteiger partial charge on any atom is 0.190 e. The van der Waals surface area contributed by atoms with E-state index in [1.165, 1.54) is 12.5 Å². The van der Waals surface area contributed by atoms with Crippen LogP contribution in [0.5, 0.6) is 0 Å². The highest BCUT2D eigenvalue weighted by Gasteiger charge is 1.98. The molecule has 0 aromatic heterocycles. The van der Waals surface area contributed by atoms with Gasteiger partial charge in [0.2, 0.25) is 0 Å². The van der Waals surface area contributed by atoms with Crippen LogP contribution in [0.1, 0.15) is 31.7 Å². The number of aliphatic imine (C=N–C) groups is 1. The summed E-state index contributed by atoms with van der Waals surface area (Å²) < 4.78 is 13.0. The van der Waals surface area contributed by atoms with E-state index in [2.05, 4.69) is 22.5 Å². The molecule has 1 rings (SSSR count). The van der Waals surface area contributed by atoms with Crippen molar-refractivity contribution in [2.24, 2.45) is 4.99 Å². The summed E-state index contributed by atoms with van der Waals surface area (Å²) in [5.41, 5.74) is 1.04. The minimum atomic E-state index is -0.164. The Labute approximate surface area is 138 Å². The summed E-state index contributed by atoms with van der Waals surface area (Å²) >= 11 is 0. The third-order valence-electron chi connectivity index (χ3n) is 2.87. The molecule has 114 valence electrons. The molecule has 0 aliphatic carbocycles. The number of benzene rings is 1. The van der Waals surface area contributed by atoms with Crippen LogP contribution in [0.2, 0.25) is 0 Å². The highest BCUT2D eigenvalue weighted by atomic mass is 127. The topological polar surface area (TPSA) is 36.4 Å². The predicted octanol–water partition coefficient (Wildman–Crippen LogP) is 3.34. The van der Waals surface area contributed by atoms with Crippen molar-refractivity contribution in [2.45, 2.75) is 32.6 Å². The zero-order valence-corrected chi connectivity index (χ0v) is 14.6. The Morgan fingerprint density at radius 1 is 1.20 bits per heavy atom. The fourth-order valence-electron chi connectivity index (χ4n) is 1.80. The number of nitrogens with one attached hydrogen (secondary N) is 2. The first kappa shape index (κ1) is 19.1. The first-order chi connectivity index (χ1) is 9.26. The van der Waals surface area contributed by atoms with Gasteiger partial charge in [0, 0.05) is 20.1 Å². The summed E-state index contributed by atoms with van der Waals surface area (Å²) in [5, 5.41) is 6.52. The van der Waals surface area contributed by atoms with Gasteiger partial charge in [0.05, 0.1) is 0 Å². The summed E-state index contributed by atoms with van der Waals surface area (Å²) in [6.45, 7) is 3.94. The lowest BCUT2D eigenvalue weighted by Gasteiger charge is -2.11. The number of nitrogens with zero attached hydrogens (tertiary/aromatic N) is 1. The minimum absolute atomic E-state index is 0. The van der Waals surface area contributed by atoms with E-state index >= 15 is 0 Å². The molecule has 0 aliphatic rings. The number of hydrogen-bond acceptors (Lipinski definition) is 1. The second kappa shape index (κ2) is 11.9. The Bertz CT molecular complexity index is 396. The maximum atomic E-state index is 13.0. The Morgan fingerprint density at radius 2 is 1.90 bits per heavy atom. The summed E-state index contributed by atoms with van der Waals surface area (Å²) in [6, 6.07) is 6.77. The molecule has 1 aromatic carbocycles. The van der Waals surface area contributed by atoms with Crippen LogP contribution in [0, 0.1) is 5.82 Å². The molecule has 1 aromatic rings. The van der Waals surface area contributed by atoms with Crippen molar-refractivity contribution in [3.8, 4) is 0 Å². The van der Waals surface area contributed by atoms with Gasteiger partial charge < -0.3 is 10.6 Å². The smallest absolute Gasteiger partial charge is 0.190 e. The average Bonchev–Trinajstić information content (AvgIpc) is 2.41. The Kier molecular flexibility index (Phi) is 11.4. The molecule has 20 heavy (non-hydrogen) atoms. The van der Waals surface area contributed by atoms with E-state index in [1.54, 1.807) is 19.2 Å². The van der Waals surface area contributed by atoms with Gasteiger partial charge in [-0.15, -0.1) is 24.0 Å². The molecule has 0 atom stereocenters. The molecule has 0 saturated carbocycles. The fraction of sp³-hybridized carbons (Fsp3) is 0.533. The van der Waals surface area contributed by atoms with Crippen LogP contribution in [0.25, 0.3) is 0 Å². The molecule has 0 unspecified atom stereocenters. The first-order valence-electron chi connectivity index (χ1n) is 6.95. The van der Waals surface area contributed by atoms with Gasteiger partial charge in [-0.3, -0.25) is 4.99 Å². The van der Waals surface area contributed by atoms with Crippen molar-refractivity contribution in [2.75, 3.05) is 20.1 Å². The molecule has 0 amide bonds. The molecule has 3 nitrogen and oxygen atoms in total. The molecule has 0 saturated heterocycles. The number of guanidine groups is 1. The third kappa shape index (κ3) is 8.35. The van der Waals surface area contributed by atoms with Crippen LogP contribution in [0.4, 0.5) is 4.39 Å². The minimum Gasteiger partial charge on any atom is -0.356 e. The van der Waals surface area contributed by atoms with E-state index in [9.17, 15) is 4.39 Å². The lowest BCUT2D eigenvalue weighted by atomic mass is 10.1. The van der Waals surface area contributed by atoms with Gasteiger partial charge >= 0.3 is 0 Å². The summed E-state index contributed by atoms with van der Waals surface area (Å²) in [6.07, 6.45) is 4.14. The van der Waals surface area contributed by atoms with E-state index in [0.29, 0.717) is 0 Å². The predicted molar refractivity (Wildman–Crippen MR) is 94.4 cm³/mol. The second-order valence-electron chi connectivity index (χ2n) is 4.51. The van der Waals surface area contributed by atoms with Crippen molar-refractivity contribution >= 4 is 29.9 Å². The molecule has 0 fully saturated rings. The van der Waals surface area contributed by atoms with Crippen LogP contribution in [0.15, 0.2) is 29.3 Å². The van der Waals surface area contributed by atoms with Gasteiger partial charge in [-0.2, -0.15) is 0 Å². The van der Waals surface area contributed by atoms with Gasteiger partial charge in [-0.25, -0.2) is 4.39 Å². The highest BCUT2D eigenvalue weighted by Crippen LogP contribution is 2.05. The zero-order chi connectivity index (χ0) is 13.9. The van der Waals surface area contributed by atoms with E-state index in [0.717, 1.165) is 43.9 Å².